The maximum atomic E-state index is 13.1. The van der Waals surface area contributed by atoms with E-state index in [2.05, 4.69) is 4.98 Å². The number of aliphatic hydroxyl groups excluding tert-OH is 1. The summed E-state index contributed by atoms with van der Waals surface area (Å²) in [7, 11) is 0. The zero-order valence-electron chi connectivity index (χ0n) is 12.4. The number of hydrogen-bond donors (Lipinski definition) is 1. The number of fused-ring (bicyclic) bond motifs is 1. The smallest absolute Gasteiger partial charge is 0.394 e. The van der Waals surface area contributed by atoms with E-state index < -0.39 is 11.7 Å². The first-order chi connectivity index (χ1) is 11.0. The Balaban J connectivity index is 1.90. The summed E-state index contributed by atoms with van der Waals surface area (Å²) >= 11 is 0. The lowest BCUT2D eigenvalue weighted by Crippen LogP contribution is -2.37. The highest BCUT2D eigenvalue weighted by atomic mass is 19.4. The van der Waals surface area contributed by atoms with E-state index in [9.17, 15) is 18.3 Å². The highest BCUT2D eigenvalue weighted by molar-refractivity contribution is 5.33. The fourth-order valence-corrected chi connectivity index (χ4v) is 3.12. The lowest BCUT2D eigenvalue weighted by molar-refractivity contribution is -0.138. The van der Waals surface area contributed by atoms with Gasteiger partial charge in [-0.1, -0.05) is 24.3 Å². The molecule has 1 N–H and O–H groups in total. The van der Waals surface area contributed by atoms with Crippen LogP contribution < -0.4 is 0 Å². The number of aliphatic hydroxyl groups is 1. The molecular formula is C17H17F3N2O. The lowest BCUT2D eigenvalue weighted by Gasteiger charge is -2.36. The maximum Gasteiger partial charge on any atom is 0.418 e. The van der Waals surface area contributed by atoms with Gasteiger partial charge in [-0.25, -0.2) is 0 Å². The van der Waals surface area contributed by atoms with E-state index in [-0.39, 0.29) is 24.9 Å². The van der Waals surface area contributed by atoms with Gasteiger partial charge < -0.3 is 5.11 Å². The Hall–Kier alpha value is -1.92. The lowest BCUT2D eigenvalue weighted by atomic mass is 9.92. The standard InChI is InChI=1S/C17H17F3N2O/c18-17(19,20)14-6-3-8-21-15(14)10-22-9-7-12-4-1-2-5-13(12)16(22)11-23/h1-6,8,16,23H,7,9-11H2. The van der Waals surface area contributed by atoms with Gasteiger partial charge in [0.25, 0.3) is 0 Å². The minimum atomic E-state index is -4.42. The molecule has 1 unspecified atom stereocenters. The minimum absolute atomic E-state index is 0.00201. The molecule has 1 aliphatic heterocycles. The van der Waals surface area contributed by atoms with E-state index >= 15 is 0 Å². The van der Waals surface area contributed by atoms with Crippen LogP contribution >= 0.6 is 0 Å². The molecular weight excluding hydrogens is 305 g/mol. The first kappa shape index (κ1) is 16.0. The van der Waals surface area contributed by atoms with Gasteiger partial charge >= 0.3 is 6.18 Å². The molecule has 0 amide bonds. The molecule has 1 atom stereocenters. The molecule has 3 rings (SSSR count). The summed E-state index contributed by atoms with van der Waals surface area (Å²) in [5.41, 5.74) is 1.40. The Morgan fingerprint density at radius 2 is 1.96 bits per heavy atom. The van der Waals surface area contributed by atoms with Gasteiger partial charge in [-0.05, 0) is 29.7 Å². The number of nitrogens with zero attached hydrogens (tertiary/aromatic N) is 2. The Labute approximate surface area is 132 Å². The van der Waals surface area contributed by atoms with E-state index in [0.717, 1.165) is 23.6 Å². The highest BCUT2D eigenvalue weighted by Gasteiger charge is 2.35. The van der Waals surface area contributed by atoms with Crippen LogP contribution in [0.5, 0.6) is 0 Å². The van der Waals surface area contributed by atoms with Gasteiger partial charge in [0.1, 0.15) is 0 Å². The monoisotopic (exact) mass is 322 g/mol. The van der Waals surface area contributed by atoms with Crippen molar-refractivity contribution in [3.8, 4) is 0 Å². The van der Waals surface area contributed by atoms with Crippen molar-refractivity contribution in [3.63, 3.8) is 0 Å². The van der Waals surface area contributed by atoms with Crippen molar-refractivity contribution >= 4 is 0 Å². The summed E-state index contributed by atoms with van der Waals surface area (Å²) in [6, 6.07) is 9.78. The van der Waals surface area contributed by atoms with Crippen LogP contribution in [0.15, 0.2) is 42.6 Å². The van der Waals surface area contributed by atoms with Crippen LogP contribution in [0.2, 0.25) is 0 Å². The van der Waals surface area contributed by atoms with Crippen molar-refractivity contribution in [1.29, 1.82) is 0 Å². The molecule has 0 fully saturated rings. The third-order valence-corrected chi connectivity index (χ3v) is 4.24. The number of aromatic nitrogens is 1. The Bertz CT molecular complexity index is 688. The van der Waals surface area contributed by atoms with E-state index in [0.29, 0.717) is 6.54 Å². The second-order valence-corrected chi connectivity index (χ2v) is 5.61. The molecule has 1 aromatic carbocycles. The third kappa shape index (κ3) is 3.23. The largest absolute Gasteiger partial charge is 0.418 e. The minimum Gasteiger partial charge on any atom is -0.394 e. The summed E-state index contributed by atoms with van der Waals surface area (Å²) in [5.74, 6) is 0. The van der Waals surface area contributed by atoms with Crippen molar-refractivity contribution in [2.75, 3.05) is 13.2 Å². The predicted molar refractivity (Wildman–Crippen MR) is 79.6 cm³/mol. The topological polar surface area (TPSA) is 36.4 Å². The molecule has 0 spiro atoms. The summed E-state index contributed by atoms with van der Waals surface area (Å²) in [6.07, 6.45) is -2.30. The third-order valence-electron chi connectivity index (χ3n) is 4.24. The van der Waals surface area contributed by atoms with Crippen LogP contribution in [0, 0.1) is 0 Å². The van der Waals surface area contributed by atoms with Crippen LogP contribution in [0.1, 0.15) is 28.4 Å². The number of alkyl halides is 3. The molecule has 23 heavy (non-hydrogen) atoms. The molecule has 0 radical (unpaired) electrons. The molecule has 2 heterocycles. The van der Waals surface area contributed by atoms with E-state index in [1.807, 2.05) is 29.2 Å². The molecule has 1 aromatic heterocycles. The van der Waals surface area contributed by atoms with Crippen LogP contribution in [-0.2, 0) is 19.1 Å². The predicted octanol–water partition coefficient (Wildman–Crippen LogP) is 3.19. The Morgan fingerprint density at radius 3 is 2.70 bits per heavy atom. The fraction of sp³-hybridized carbons (Fsp3) is 0.353. The summed E-state index contributed by atoms with van der Waals surface area (Å²) in [6.45, 7) is 0.524. The summed E-state index contributed by atoms with van der Waals surface area (Å²) in [5, 5.41) is 9.73. The van der Waals surface area contributed by atoms with Gasteiger partial charge in [-0.2, -0.15) is 13.2 Å². The van der Waals surface area contributed by atoms with Gasteiger partial charge in [-0.3, -0.25) is 9.88 Å². The highest BCUT2D eigenvalue weighted by Crippen LogP contribution is 2.34. The van der Waals surface area contributed by atoms with E-state index in [1.54, 1.807) is 0 Å². The van der Waals surface area contributed by atoms with Crippen LogP contribution in [0.25, 0.3) is 0 Å². The van der Waals surface area contributed by atoms with Crippen molar-refractivity contribution in [1.82, 2.24) is 9.88 Å². The SMILES string of the molecule is OCC1c2ccccc2CCN1Cc1ncccc1C(F)(F)F. The van der Waals surface area contributed by atoms with Crippen molar-refractivity contribution < 1.29 is 18.3 Å². The Kier molecular flexibility index (Phi) is 4.37. The quantitative estimate of drug-likeness (QED) is 0.943. The molecule has 0 saturated carbocycles. The van der Waals surface area contributed by atoms with E-state index in [1.165, 1.54) is 12.3 Å². The second kappa shape index (κ2) is 6.29. The van der Waals surface area contributed by atoms with Crippen LogP contribution in [-0.4, -0.2) is 28.1 Å². The second-order valence-electron chi connectivity index (χ2n) is 5.61. The van der Waals surface area contributed by atoms with Crippen LogP contribution in [0.4, 0.5) is 13.2 Å². The zero-order valence-corrected chi connectivity index (χ0v) is 12.4. The van der Waals surface area contributed by atoms with Crippen LogP contribution in [0.3, 0.4) is 0 Å². The molecule has 0 saturated heterocycles. The van der Waals surface area contributed by atoms with Crippen molar-refractivity contribution in [3.05, 3.63) is 65.0 Å². The zero-order chi connectivity index (χ0) is 16.4. The maximum absolute atomic E-state index is 13.1. The molecule has 0 bridgehead atoms. The molecule has 1 aliphatic rings. The molecule has 0 aliphatic carbocycles. The summed E-state index contributed by atoms with van der Waals surface area (Å²) < 4.78 is 39.3. The van der Waals surface area contributed by atoms with Crippen molar-refractivity contribution in [2.45, 2.75) is 25.2 Å². The first-order valence-electron chi connectivity index (χ1n) is 7.44. The van der Waals surface area contributed by atoms with Gasteiger partial charge in [0.05, 0.1) is 23.9 Å². The average molecular weight is 322 g/mol. The first-order valence-corrected chi connectivity index (χ1v) is 7.44. The number of benzene rings is 1. The normalized spacial score (nSPS) is 18.7. The Morgan fingerprint density at radius 1 is 1.17 bits per heavy atom. The van der Waals surface area contributed by atoms with Gasteiger partial charge in [0.2, 0.25) is 0 Å². The number of hydrogen-bond acceptors (Lipinski definition) is 3. The average Bonchev–Trinajstić information content (AvgIpc) is 2.54. The molecule has 2 aromatic rings. The van der Waals surface area contributed by atoms with Gasteiger partial charge in [0, 0.05) is 19.3 Å². The number of rotatable bonds is 3. The summed E-state index contributed by atoms with van der Waals surface area (Å²) in [4.78, 5) is 5.78. The van der Waals surface area contributed by atoms with Crippen molar-refractivity contribution in [2.24, 2.45) is 0 Å². The fourth-order valence-electron chi connectivity index (χ4n) is 3.12. The number of halogens is 3. The van der Waals surface area contributed by atoms with Gasteiger partial charge in [-0.15, -0.1) is 0 Å². The number of pyridine rings is 1. The molecule has 3 nitrogen and oxygen atoms in total. The van der Waals surface area contributed by atoms with Gasteiger partial charge in [0.15, 0.2) is 0 Å². The molecule has 6 heteroatoms. The van der Waals surface area contributed by atoms with E-state index in [4.69, 9.17) is 0 Å². The molecule has 122 valence electrons.